The number of hydrogen-bond donors (Lipinski definition) is 2. The van der Waals surface area contributed by atoms with Gasteiger partial charge in [-0.05, 0) is 18.5 Å². The summed E-state index contributed by atoms with van der Waals surface area (Å²) >= 11 is 1.42. The number of aliphatic carboxylic acids is 1. The molecule has 108 valence electrons. The second-order valence-corrected chi connectivity index (χ2v) is 4.51. The van der Waals surface area contributed by atoms with E-state index in [-0.39, 0.29) is 0 Å². The molecule has 6 nitrogen and oxygen atoms in total. The third kappa shape index (κ3) is 5.49. The quantitative estimate of drug-likeness (QED) is 0.865. The molecule has 10 heteroatoms. The number of ether oxygens (including phenoxy) is 1. The van der Waals surface area contributed by atoms with E-state index >= 15 is 0 Å². The van der Waals surface area contributed by atoms with Crippen LogP contribution in [0, 0.1) is 6.92 Å². The minimum absolute atomic E-state index is 0.395. The molecular weight excluding hydrogens is 287 g/mol. The molecule has 0 bridgehead atoms. The molecule has 2 rings (SSSR count). The maximum Gasteiger partial charge on any atom is 0.490 e. The van der Waals surface area contributed by atoms with Crippen LogP contribution in [0.3, 0.4) is 0 Å². The number of rotatable bonds is 3. The molecule has 0 aliphatic carbocycles. The summed E-state index contributed by atoms with van der Waals surface area (Å²) in [6.07, 6.45) is -4.69. The van der Waals surface area contributed by atoms with E-state index < -0.39 is 12.1 Å². The van der Waals surface area contributed by atoms with E-state index in [0.29, 0.717) is 12.7 Å². The first-order valence-corrected chi connectivity index (χ1v) is 5.98. The number of nitrogens with one attached hydrogen (secondary N) is 1. The first-order valence-electron chi connectivity index (χ1n) is 5.21. The normalized spacial score (nSPS) is 15.4. The lowest BCUT2D eigenvalue weighted by Gasteiger charge is -2.26. The van der Waals surface area contributed by atoms with Gasteiger partial charge in [0.25, 0.3) is 0 Å². The summed E-state index contributed by atoms with van der Waals surface area (Å²) in [5.41, 5.74) is 0.993. The van der Waals surface area contributed by atoms with Gasteiger partial charge in [-0.15, -0.1) is 5.10 Å². The first-order chi connectivity index (χ1) is 8.80. The largest absolute Gasteiger partial charge is 0.490 e. The fraction of sp³-hybridized carbons (Fsp3) is 0.667. The average Bonchev–Trinajstić information content (AvgIpc) is 2.61. The highest BCUT2D eigenvalue weighted by atomic mass is 32.1. The van der Waals surface area contributed by atoms with Crippen molar-refractivity contribution in [2.75, 3.05) is 13.1 Å². The number of aryl methyl sites for hydroxylation is 1. The highest BCUT2D eigenvalue weighted by molar-refractivity contribution is 7.05. The molecule has 0 unspecified atom stereocenters. The number of alkyl halides is 3. The van der Waals surface area contributed by atoms with Crippen molar-refractivity contribution in [3.63, 3.8) is 0 Å². The van der Waals surface area contributed by atoms with Gasteiger partial charge in [0.05, 0.1) is 23.3 Å². The molecule has 1 aliphatic rings. The van der Waals surface area contributed by atoms with E-state index in [0.717, 1.165) is 23.7 Å². The van der Waals surface area contributed by atoms with Crippen molar-refractivity contribution in [1.82, 2.24) is 14.9 Å². The van der Waals surface area contributed by atoms with Crippen molar-refractivity contribution in [3.05, 3.63) is 10.6 Å². The summed E-state index contributed by atoms with van der Waals surface area (Å²) in [4.78, 5) is 10.0. The Morgan fingerprint density at radius 2 is 2.16 bits per heavy atom. The molecule has 1 fully saturated rings. The smallest absolute Gasteiger partial charge is 0.475 e. The summed E-state index contributed by atoms with van der Waals surface area (Å²) in [5.74, 6) is -2.76. The van der Waals surface area contributed by atoms with Gasteiger partial charge < -0.3 is 15.2 Å². The summed E-state index contributed by atoms with van der Waals surface area (Å²) in [6.45, 7) is 4.58. The third-order valence-corrected chi connectivity index (χ3v) is 2.98. The topological polar surface area (TPSA) is 84.3 Å². The Morgan fingerprint density at radius 1 is 1.58 bits per heavy atom. The van der Waals surface area contributed by atoms with Gasteiger partial charge in [0.1, 0.15) is 0 Å². The van der Waals surface area contributed by atoms with Crippen LogP contribution in [0.4, 0.5) is 13.2 Å². The van der Waals surface area contributed by atoms with Crippen molar-refractivity contribution < 1.29 is 27.8 Å². The average molecular weight is 299 g/mol. The van der Waals surface area contributed by atoms with Gasteiger partial charge in [0.2, 0.25) is 0 Å². The molecule has 0 amide bonds. The molecule has 2 heterocycles. The second-order valence-electron chi connectivity index (χ2n) is 3.68. The van der Waals surface area contributed by atoms with Gasteiger partial charge in [-0.25, -0.2) is 4.79 Å². The maximum absolute atomic E-state index is 10.6. The van der Waals surface area contributed by atoms with E-state index in [9.17, 15) is 13.2 Å². The molecular formula is C9H12F3N3O3S. The molecule has 0 saturated carbocycles. The van der Waals surface area contributed by atoms with Crippen molar-refractivity contribution in [3.8, 4) is 0 Å². The fourth-order valence-corrected chi connectivity index (χ4v) is 1.51. The molecule has 1 aromatic rings. The van der Waals surface area contributed by atoms with E-state index in [1.807, 2.05) is 6.92 Å². The van der Waals surface area contributed by atoms with Crippen molar-refractivity contribution >= 4 is 17.5 Å². The highest BCUT2D eigenvalue weighted by Crippen LogP contribution is 2.13. The van der Waals surface area contributed by atoms with Crippen molar-refractivity contribution in [1.29, 1.82) is 0 Å². The van der Waals surface area contributed by atoms with Gasteiger partial charge >= 0.3 is 12.1 Å². The van der Waals surface area contributed by atoms with Crippen LogP contribution < -0.4 is 5.32 Å². The molecule has 0 atom stereocenters. The SMILES string of the molecule is Cc1nnsc1COC1CNC1.O=C(O)C(F)(F)F. The zero-order chi connectivity index (χ0) is 14.5. The zero-order valence-corrected chi connectivity index (χ0v) is 10.7. The molecule has 1 aromatic heterocycles. The molecule has 0 spiro atoms. The van der Waals surface area contributed by atoms with E-state index in [2.05, 4.69) is 14.9 Å². The lowest BCUT2D eigenvalue weighted by atomic mass is 10.2. The van der Waals surface area contributed by atoms with Crippen LogP contribution in [0.2, 0.25) is 0 Å². The van der Waals surface area contributed by atoms with Crippen molar-refractivity contribution in [2.24, 2.45) is 0 Å². The Balaban J connectivity index is 0.000000224. The van der Waals surface area contributed by atoms with Gasteiger partial charge in [0.15, 0.2) is 0 Å². The summed E-state index contributed by atoms with van der Waals surface area (Å²) in [6, 6.07) is 0. The van der Waals surface area contributed by atoms with E-state index in [1.165, 1.54) is 11.5 Å². The van der Waals surface area contributed by atoms with E-state index in [1.54, 1.807) is 0 Å². The lowest BCUT2D eigenvalue weighted by molar-refractivity contribution is -0.192. The minimum Gasteiger partial charge on any atom is -0.475 e. The van der Waals surface area contributed by atoms with Crippen LogP contribution in [0.5, 0.6) is 0 Å². The zero-order valence-electron chi connectivity index (χ0n) is 9.90. The molecule has 19 heavy (non-hydrogen) atoms. The minimum atomic E-state index is -5.08. The predicted octanol–water partition coefficient (Wildman–Crippen LogP) is 0.968. The monoisotopic (exact) mass is 299 g/mol. The lowest BCUT2D eigenvalue weighted by Crippen LogP contribution is -2.48. The number of halogens is 3. The molecule has 0 radical (unpaired) electrons. The molecule has 0 aromatic carbocycles. The van der Waals surface area contributed by atoms with Crippen LogP contribution >= 0.6 is 11.5 Å². The Bertz CT molecular complexity index is 420. The summed E-state index contributed by atoms with van der Waals surface area (Å²) < 4.78 is 41.1. The molecule has 1 saturated heterocycles. The Morgan fingerprint density at radius 3 is 2.47 bits per heavy atom. The second kappa shape index (κ2) is 6.78. The number of carboxylic acid groups (broad SMARTS) is 1. The standard InChI is InChI=1S/C7H11N3OS.C2HF3O2/c1-5-7(12-10-9-5)4-11-6-2-8-3-6;3-2(4,5)1(6)7/h6,8H,2-4H2,1H3;(H,6,7). The highest BCUT2D eigenvalue weighted by Gasteiger charge is 2.38. The van der Waals surface area contributed by atoms with Crippen LogP contribution in [-0.4, -0.2) is 46.0 Å². The number of carbonyl (C=O) groups is 1. The van der Waals surface area contributed by atoms with Crippen LogP contribution in [0.1, 0.15) is 10.6 Å². The summed E-state index contributed by atoms with van der Waals surface area (Å²) in [7, 11) is 0. The van der Waals surface area contributed by atoms with E-state index in [4.69, 9.17) is 14.6 Å². The summed E-state index contributed by atoms with van der Waals surface area (Å²) in [5, 5.41) is 14.2. The predicted molar refractivity (Wildman–Crippen MR) is 59.8 cm³/mol. The third-order valence-electron chi connectivity index (χ3n) is 2.18. The van der Waals surface area contributed by atoms with Gasteiger partial charge in [0, 0.05) is 13.1 Å². The number of nitrogens with zero attached hydrogens (tertiary/aromatic N) is 2. The Hall–Kier alpha value is -1.26. The van der Waals surface area contributed by atoms with Gasteiger partial charge in [-0.2, -0.15) is 13.2 Å². The number of hydrogen-bond acceptors (Lipinski definition) is 6. The van der Waals surface area contributed by atoms with Crippen molar-refractivity contribution in [2.45, 2.75) is 25.8 Å². The number of aromatic nitrogens is 2. The Labute approximate surface area is 110 Å². The van der Waals surface area contributed by atoms with Crippen LogP contribution in [-0.2, 0) is 16.1 Å². The fourth-order valence-electron chi connectivity index (χ4n) is 0.957. The Kier molecular flexibility index (Phi) is 5.63. The maximum atomic E-state index is 10.6. The van der Waals surface area contributed by atoms with Gasteiger partial charge in [-0.1, -0.05) is 4.49 Å². The van der Waals surface area contributed by atoms with Crippen LogP contribution in [0.15, 0.2) is 0 Å². The first kappa shape index (κ1) is 15.8. The van der Waals surface area contributed by atoms with Crippen LogP contribution in [0.25, 0.3) is 0 Å². The number of carboxylic acids is 1. The molecule has 1 aliphatic heterocycles. The molecule has 2 N–H and O–H groups in total. The van der Waals surface area contributed by atoms with Gasteiger partial charge in [-0.3, -0.25) is 0 Å².